The van der Waals surface area contributed by atoms with E-state index in [9.17, 15) is 14.3 Å². The van der Waals surface area contributed by atoms with Gasteiger partial charge in [-0.25, -0.2) is 9.29 Å². The molecule has 18 heavy (non-hydrogen) atoms. The number of carbonyl (C=O) groups excluding carboxylic acids is 1. The number of aliphatic hydroxyl groups is 1. The van der Waals surface area contributed by atoms with E-state index >= 15 is 0 Å². The second-order valence-electron chi connectivity index (χ2n) is 4.86. The monoisotopic (exact) mass is 250 g/mol. The molecule has 2 saturated heterocycles. The second-order valence-corrected chi connectivity index (χ2v) is 4.86. The number of fused-ring (bicyclic) bond motifs is 1. The van der Waals surface area contributed by atoms with Crippen LogP contribution in [0.4, 0.5) is 10.1 Å². The number of benzene rings is 1. The zero-order valence-corrected chi connectivity index (χ0v) is 10.1. The molecule has 0 aromatic heterocycles. The maximum atomic E-state index is 13.6. The summed E-state index contributed by atoms with van der Waals surface area (Å²) in [5.41, 5.74) is 1.09. The molecule has 2 heterocycles. The summed E-state index contributed by atoms with van der Waals surface area (Å²) in [6.45, 7) is 1.88. The lowest BCUT2D eigenvalue weighted by Gasteiger charge is -2.26. The largest absolute Gasteiger partial charge is 0.378 e. The summed E-state index contributed by atoms with van der Waals surface area (Å²) in [5.74, 6) is -0.384. The predicted molar refractivity (Wildman–Crippen MR) is 64.4 cm³/mol. The topological polar surface area (TPSA) is 43.8 Å². The van der Waals surface area contributed by atoms with Crippen molar-refractivity contribution < 1.29 is 14.3 Å². The summed E-state index contributed by atoms with van der Waals surface area (Å²) < 4.78 is 13.6. The van der Waals surface area contributed by atoms with Crippen LogP contribution in [0.1, 0.15) is 18.4 Å². The lowest BCUT2D eigenvalue weighted by Crippen LogP contribution is -2.38. The van der Waals surface area contributed by atoms with Crippen molar-refractivity contribution in [1.29, 1.82) is 0 Å². The van der Waals surface area contributed by atoms with Crippen LogP contribution in [0.5, 0.6) is 0 Å². The van der Waals surface area contributed by atoms with Gasteiger partial charge in [0.05, 0.1) is 18.4 Å². The molecule has 0 radical (unpaired) electrons. The molecule has 0 saturated carbocycles. The molecule has 1 N–H and O–H groups in total. The number of nitrogens with zero attached hydrogens (tertiary/aromatic N) is 2. The summed E-state index contributed by atoms with van der Waals surface area (Å²) in [5, 5.41) is 9.78. The first-order chi connectivity index (χ1) is 8.59. The van der Waals surface area contributed by atoms with Gasteiger partial charge in [-0.05, 0) is 31.9 Å². The average Bonchev–Trinajstić information content (AvgIpc) is 2.83. The number of amides is 1. The summed E-state index contributed by atoms with van der Waals surface area (Å²) >= 11 is 0. The molecule has 1 aromatic rings. The van der Waals surface area contributed by atoms with Crippen molar-refractivity contribution >= 4 is 11.6 Å². The molecule has 96 valence electrons. The minimum Gasteiger partial charge on any atom is -0.378 e. The SMILES string of the molecule is Cc1c(F)cccc1N1C(=O)CN2C(O)CCC12. The molecule has 1 amide bonds. The van der Waals surface area contributed by atoms with Crippen LogP contribution in [0, 0.1) is 12.7 Å². The van der Waals surface area contributed by atoms with Crippen LogP contribution < -0.4 is 4.90 Å². The molecule has 4 nitrogen and oxygen atoms in total. The fourth-order valence-corrected chi connectivity index (χ4v) is 2.87. The van der Waals surface area contributed by atoms with Crippen LogP contribution >= 0.6 is 0 Å². The third kappa shape index (κ3) is 1.54. The maximum Gasteiger partial charge on any atom is 0.242 e. The average molecular weight is 250 g/mol. The molecule has 1 aromatic carbocycles. The molecule has 2 aliphatic heterocycles. The zero-order chi connectivity index (χ0) is 12.9. The lowest BCUT2D eigenvalue weighted by molar-refractivity contribution is -0.117. The Morgan fingerprint density at radius 1 is 1.39 bits per heavy atom. The van der Waals surface area contributed by atoms with Gasteiger partial charge in [0, 0.05) is 5.56 Å². The number of halogens is 1. The molecular weight excluding hydrogens is 235 g/mol. The Morgan fingerprint density at radius 2 is 2.17 bits per heavy atom. The van der Waals surface area contributed by atoms with Crippen molar-refractivity contribution in [2.45, 2.75) is 32.2 Å². The smallest absolute Gasteiger partial charge is 0.242 e. The normalized spacial score (nSPS) is 27.9. The number of hydrogen-bond acceptors (Lipinski definition) is 3. The number of aliphatic hydroxyl groups excluding tert-OH is 1. The molecule has 0 bridgehead atoms. The lowest BCUT2D eigenvalue weighted by atomic mass is 10.1. The van der Waals surface area contributed by atoms with E-state index < -0.39 is 6.23 Å². The fraction of sp³-hybridized carbons (Fsp3) is 0.462. The van der Waals surface area contributed by atoms with Crippen LogP contribution in [0.25, 0.3) is 0 Å². The molecule has 0 aliphatic carbocycles. The van der Waals surface area contributed by atoms with Crippen LogP contribution in [-0.2, 0) is 4.79 Å². The van der Waals surface area contributed by atoms with Gasteiger partial charge < -0.3 is 5.11 Å². The van der Waals surface area contributed by atoms with E-state index in [1.807, 2.05) is 0 Å². The van der Waals surface area contributed by atoms with Gasteiger partial charge in [0.1, 0.15) is 12.0 Å². The minimum atomic E-state index is -0.558. The standard InChI is InChI=1S/C13H15FN2O2/c1-8-9(14)3-2-4-10(8)16-11-5-6-12(17)15(11)7-13(16)18/h2-4,11-12,17H,5-7H2,1H3. The van der Waals surface area contributed by atoms with Crippen molar-refractivity contribution in [3.8, 4) is 0 Å². The van der Waals surface area contributed by atoms with Gasteiger partial charge in [-0.3, -0.25) is 9.69 Å². The Bertz CT molecular complexity index is 506. The van der Waals surface area contributed by atoms with E-state index in [0.29, 0.717) is 17.7 Å². The van der Waals surface area contributed by atoms with Gasteiger partial charge in [-0.1, -0.05) is 6.07 Å². The summed E-state index contributed by atoms with van der Waals surface area (Å²) in [6, 6.07) is 4.75. The molecule has 0 spiro atoms. The minimum absolute atomic E-state index is 0.0764. The molecule has 2 atom stereocenters. The third-order valence-electron chi connectivity index (χ3n) is 3.83. The van der Waals surface area contributed by atoms with Crippen molar-refractivity contribution in [3.63, 3.8) is 0 Å². The summed E-state index contributed by atoms with van der Waals surface area (Å²) in [7, 11) is 0. The van der Waals surface area contributed by atoms with E-state index in [2.05, 4.69) is 0 Å². The van der Waals surface area contributed by atoms with Crippen LogP contribution in [0.2, 0.25) is 0 Å². The van der Waals surface area contributed by atoms with E-state index in [4.69, 9.17) is 0 Å². The number of carbonyl (C=O) groups is 1. The highest BCUT2D eigenvalue weighted by Crippen LogP contribution is 2.35. The van der Waals surface area contributed by atoms with Gasteiger partial charge >= 0.3 is 0 Å². The molecular formula is C13H15FN2O2. The number of hydrogen-bond donors (Lipinski definition) is 1. The zero-order valence-electron chi connectivity index (χ0n) is 10.1. The van der Waals surface area contributed by atoms with E-state index in [1.54, 1.807) is 28.9 Å². The van der Waals surface area contributed by atoms with Gasteiger partial charge in [-0.15, -0.1) is 0 Å². The highest BCUT2D eigenvalue weighted by molar-refractivity contribution is 5.98. The van der Waals surface area contributed by atoms with Gasteiger partial charge in [0.2, 0.25) is 5.91 Å². The third-order valence-corrected chi connectivity index (χ3v) is 3.83. The summed E-state index contributed by atoms with van der Waals surface area (Å²) in [4.78, 5) is 15.4. The molecule has 2 fully saturated rings. The Balaban J connectivity index is 2.01. The van der Waals surface area contributed by atoms with E-state index in [1.165, 1.54) is 6.07 Å². The van der Waals surface area contributed by atoms with Crippen molar-refractivity contribution in [1.82, 2.24) is 4.90 Å². The predicted octanol–water partition coefficient (Wildman–Crippen LogP) is 1.22. The Morgan fingerprint density at radius 3 is 2.94 bits per heavy atom. The summed E-state index contributed by atoms with van der Waals surface area (Å²) in [6.07, 6.45) is 0.692. The van der Waals surface area contributed by atoms with E-state index in [0.717, 1.165) is 6.42 Å². The van der Waals surface area contributed by atoms with Crippen molar-refractivity contribution in [2.24, 2.45) is 0 Å². The maximum absolute atomic E-state index is 13.6. The van der Waals surface area contributed by atoms with Crippen molar-refractivity contribution in [3.05, 3.63) is 29.6 Å². The highest BCUT2D eigenvalue weighted by atomic mass is 19.1. The highest BCUT2D eigenvalue weighted by Gasteiger charge is 2.46. The second kappa shape index (κ2) is 4.03. The molecule has 3 rings (SSSR count). The Labute approximate surface area is 105 Å². The fourth-order valence-electron chi connectivity index (χ4n) is 2.87. The Kier molecular flexibility index (Phi) is 2.60. The quantitative estimate of drug-likeness (QED) is 0.815. The van der Waals surface area contributed by atoms with Gasteiger partial charge in [0.15, 0.2) is 0 Å². The molecule has 2 unspecified atom stereocenters. The molecule has 2 aliphatic rings. The van der Waals surface area contributed by atoms with Gasteiger partial charge in [0.25, 0.3) is 0 Å². The Hall–Kier alpha value is -1.46. The van der Waals surface area contributed by atoms with Crippen LogP contribution in [-0.4, -0.2) is 34.9 Å². The van der Waals surface area contributed by atoms with E-state index in [-0.39, 0.29) is 24.4 Å². The van der Waals surface area contributed by atoms with Crippen LogP contribution in [0.15, 0.2) is 18.2 Å². The first kappa shape index (κ1) is 11.6. The van der Waals surface area contributed by atoms with Crippen molar-refractivity contribution in [2.75, 3.05) is 11.4 Å². The number of rotatable bonds is 1. The first-order valence-corrected chi connectivity index (χ1v) is 6.10. The first-order valence-electron chi connectivity index (χ1n) is 6.10. The van der Waals surface area contributed by atoms with Crippen LogP contribution in [0.3, 0.4) is 0 Å². The van der Waals surface area contributed by atoms with Gasteiger partial charge in [-0.2, -0.15) is 0 Å². The molecule has 5 heteroatoms. The number of anilines is 1.